The molecule has 7 heteroatoms. The molecule has 3 rings (SSSR count). The summed E-state index contributed by atoms with van der Waals surface area (Å²) in [6.07, 6.45) is 6.60. The average molecular weight is 388 g/mol. The highest BCUT2D eigenvalue weighted by Gasteiger charge is 2.15. The van der Waals surface area contributed by atoms with Crippen LogP contribution in [0, 0.1) is 0 Å². The average Bonchev–Trinajstić information content (AvgIpc) is 2.98. The van der Waals surface area contributed by atoms with Gasteiger partial charge in [0.15, 0.2) is 0 Å². The Morgan fingerprint density at radius 2 is 1.85 bits per heavy atom. The molecule has 1 aromatic heterocycles. The second kappa shape index (κ2) is 8.86. The second-order valence-corrected chi connectivity index (χ2v) is 6.85. The number of esters is 1. The molecule has 1 amide bonds. The van der Waals surface area contributed by atoms with Crippen LogP contribution >= 0.6 is 11.6 Å². The van der Waals surface area contributed by atoms with Crippen LogP contribution in [0.25, 0.3) is 0 Å². The smallest absolute Gasteiger partial charge is 0.337 e. The number of hydrogen-bond acceptors (Lipinski definition) is 5. The first-order chi connectivity index (χ1) is 13.1. The summed E-state index contributed by atoms with van der Waals surface area (Å²) in [5.41, 5.74) is 1.96. The van der Waals surface area contributed by atoms with Crippen molar-refractivity contribution in [1.82, 2.24) is 4.98 Å². The van der Waals surface area contributed by atoms with E-state index in [0.717, 1.165) is 18.8 Å². The van der Waals surface area contributed by atoms with E-state index in [4.69, 9.17) is 11.6 Å². The van der Waals surface area contributed by atoms with Gasteiger partial charge in [0.05, 0.1) is 35.3 Å². The van der Waals surface area contributed by atoms with Crippen LogP contribution in [0.3, 0.4) is 0 Å². The standard InChI is InChI=1S/C20H22ClN3O3/c1-27-20(26)14-6-8-16(21)18(12-14)23-19(25)17-9-7-15(13-22-17)24-10-4-2-3-5-11-24/h6-9,12-13H,2-5,10-11H2,1H3,(H,23,25). The van der Waals surface area contributed by atoms with Gasteiger partial charge in [-0.05, 0) is 43.2 Å². The van der Waals surface area contributed by atoms with Gasteiger partial charge in [0.25, 0.3) is 5.91 Å². The van der Waals surface area contributed by atoms with Crippen molar-refractivity contribution < 1.29 is 14.3 Å². The number of rotatable bonds is 4. The molecule has 2 heterocycles. The maximum atomic E-state index is 12.5. The number of carbonyl (C=O) groups excluding carboxylic acids is 2. The van der Waals surface area contributed by atoms with Crippen molar-refractivity contribution in [2.24, 2.45) is 0 Å². The zero-order valence-electron chi connectivity index (χ0n) is 15.2. The van der Waals surface area contributed by atoms with Crippen LogP contribution in [0.4, 0.5) is 11.4 Å². The normalized spacial score (nSPS) is 14.4. The van der Waals surface area contributed by atoms with Crippen molar-refractivity contribution in [3.63, 3.8) is 0 Å². The summed E-state index contributed by atoms with van der Waals surface area (Å²) in [7, 11) is 1.30. The summed E-state index contributed by atoms with van der Waals surface area (Å²) in [6.45, 7) is 2.03. The monoisotopic (exact) mass is 387 g/mol. The maximum absolute atomic E-state index is 12.5. The summed E-state index contributed by atoms with van der Waals surface area (Å²) < 4.78 is 4.69. The fourth-order valence-corrected chi connectivity index (χ4v) is 3.25. The zero-order chi connectivity index (χ0) is 19.2. The van der Waals surface area contributed by atoms with Gasteiger partial charge in [-0.15, -0.1) is 0 Å². The van der Waals surface area contributed by atoms with E-state index in [1.165, 1.54) is 44.9 Å². The van der Waals surface area contributed by atoms with Gasteiger partial charge >= 0.3 is 5.97 Å². The van der Waals surface area contributed by atoms with Crippen molar-refractivity contribution in [2.45, 2.75) is 25.7 Å². The van der Waals surface area contributed by atoms with Crippen LogP contribution in [0.15, 0.2) is 36.5 Å². The molecule has 6 nitrogen and oxygen atoms in total. The van der Waals surface area contributed by atoms with E-state index in [2.05, 4.69) is 19.9 Å². The Bertz CT molecular complexity index is 816. The second-order valence-electron chi connectivity index (χ2n) is 6.44. The Kier molecular flexibility index (Phi) is 6.29. The van der Waals surface area contributed by atoms with Gasteiger partial charge < -0.3 is 15.0 Å². The lowest BCUT2D eigenvalue weighted by Gasteiger charge is -2.22. The Balaban J connectivity index is 1.72. The molecule has 1 aliphatic rings. The van der Waals surface area contributed by atoms with Crippen molar-refractivity contribution in [3.8, 4) is 0 Å². The van der Waals surface area contributed by atoms with E-state index >= 15 is 0 Å². The predicted molar refractivity (Wildman–Crippen MR) is 106 cm³/mol. The number of ether oxygens (including phenoxy) is 1. The van der Waals surface area contributed by atoms with Gasteiger partial charge in [-0.2, -0.15) is 0 Å². The summed E-state index contributed by atoms with van der Waals surface area (Å²) in [5, 5.41) is 3.03. The molecule has 27 heavy (non-hydrogen) atoms. The topological polar surface area (TPSA) is 71.5 Å². The third-order valence-electron chi connectivity index (χ3n) is 4.59. The minimum Gasteiger partial charge on any atom is -0.465 e. The van der Waals surface area contributed by atoms with Crippen molar-refractivity contribution in [1.29, 1.82) is 0 Å². The molecule has 142 valence electrons. The third kappa shape index (κ3) is 4.77. The molecule has 1 saturated heterocycles. The van der Waals surface area contributed by atoms with Crippen molar-refractivity contribution in [3.05, 3.63) is 52.8 Å². The molecule has 1 N–H and O–H groups in total. The molecule has 1 fully saturated rings. The van der Waals surface area contributed by atoms with E-state index in [1.807, 2.05) is 6.07 Å². The van der Waals surface area contributed by atoms with Crippen molar-refractivity contribution in [2.75, 3.05) is 30.4 Å². The highest BCUT2D eigenvalue weighted by Crippen LogP contribution is 2.24. The number of nitrogens with one attached hydrogen (secondary N) is 1. The summed E-state index contributed by atoms with van der Waals surface area (Å²) in [6, 6.07) is 8.18. The van der Waals surface area contributed by atoms with Crippen LogP contribution < -0.4 is 10.2 Å². The molecule has 0 unspecified atom stereocenters. The molecule has 0 atom stereocenters. The minimum atomic E-state index is -0.498. The van der Waals surface area contributed by atoms with Crippen LogP contribution in [0.5, 0.6) is 0 Å². The Hall–Kier alpha value is -2.60. The van der Waals surface area contributed by atoms with Crippen LogP contribution in [-0.2, 0) is 4.74 Å². The molecule has 0 bridgehead atoms. The maximum Gasteiger partial charge on any atom is 0.337 e. The number of amides is 1. The fraction of sp³-hybridized carbons (Fsp3) is 0.350. The van der Waals surface area contributed by atoms with Gasteiger partial charge in [0.2, 0.25) is 0 Å². The summed E-state index contributed by atoms with van der Waals surface area (Å²) in [5.74, 6) is -0.886. The zero-order valence-corrected chi connectivity index (χ0v) is 16.0. The number of aromatic nitrogens is 1. The van der Waals surface area contributed by atoms with E-state index in [1.54, 1.807) is 18.3 Å². The largest absolute Gasteiger partial charge is 0.465 e. The number of nitrogens with zero attached hydrogens (tertiary/aromatic N) is 2. The quantitative estimate of drug-likeness (QED) is 0.798. The molecular weight excluding hydrogens is 366 g/mol. The number of carbonyl (C=O) groups is 2. The number of halogens is 1. The lowest BCUT2D eigenvalue weighted by Crippen LogP contribution is -2.24. The van der Waals surface area contributed by atoms with E-state index < -0.39 is 5.97 Å². The number of pyridine rings is 1. The van der Waals surface area contributed by atoms with Crippen LogP contribution in [0.1, 0.15) is 46.5 Å². The van der Waals surface area contributed by atoms with E-state index in [0.29, 0.717) is 16.3 Å². The SMILES string of the molecule is COC(=O)c1ccc(Cl)c(NC(=O)c2ccc(N3CCCCCC3)cn2)c1. The Morgan fingerprint density at radius 3 is 2.48 bits per heavy atom. The summed E-state index contributed by atoms with van der Waals surface area (Å²) >= 11 is 6.12. The van der Waals surface area contributed by atoms with Gasteiger partial charge in [0.1, 0.15) is 5.69 Å². The molecule has 0 spiro atoms. The molecule has 2 aromatic rings. The van der Waals surface area contributed by atoms with E-state index in [-0.39, 0.29) is 11.6 Å². The Labute approximate surface area is 163 Å². The number of anilines is 2. The van der Waals surface area contributed by atoms with Crippen LogP contribution in [0.2, 0.25) is 5.02 Å². The number of benzene rings is 1. The highest BCUT2D eigenvalue weighted by atomic mass is 35.5. The van der Waals surface area contributed by atoms with Crippen molar-refractivity contribution >= 4 is 34.9 Å². The molecule has 1 aromatic carbocycles. The molecular formula is C20H22ClN3O3. The predicted octanol–water partition coefficient (Wildman–Crippen LogP) is 4.15. The first-order valence-corrected chi connectivity index (χ1v) is 9.36. The molecule has 0 radical (unpaired) electrons. The molecule has 0 saturated carbocycles. The number of hydrogen-bond donors (Lipinski definition) is 1. The van der Waals surface area contributed by atoms with Gasteiger partial charge in [-0.1, -0.05) is 24.4 Å². The Morgan fingerprint density at radius 1 is 1.11 bits per heavy atom. The third-order valence-corrected chi connectivity index (χ3v) is 4.92. The summed E-state index contributed by atoms with van der Waals surface area (Å²) in [4.78, 5) is 30.7. The van der Waals surface area contributed by atoms with Crippen LogP contribution in [-0.4, -0.2) is 37.1 Å². The first kappa shape index (κ1) is 19.2. The van der Waals surface area contributed by atoms with Gasteiger partial charge in [0, 0.05) is 13.1 Å². The molecule has 1 aliphatic heterocycles. The lowest BCUT2D eigenvalue weighted by molar-refractivity contribution is 0.0600. The fourth-order valence-electron chi connectivity index (χ4n) is 3.09. The van der Waals surface area contributed by atoms with Gasteiger partial charge in [-0.3, -0.25) is 4.79 Å². The lowest BCUT2D eigenvalue weighted by atomic mass is 10.2. The minimum absolute atomic E-state index is 0.285. The first-order valence-electron chi connectivity index (χ1n) is 8.98. The highest BCUT2D eigenvalue weighted by molar-refractivity contribution is 6.34. The number of methoxy groups -OCH3 is 1. The van der Waals surface area contributed by atoms with Gasteiger partial charge in [-0.25, -0.2) is 9.78 Å². The molecule has 0 aliphatic carbocycles. The van der Waals surface area contributed by atoms with E-state index in [9.17, 15) is 9.59 Å².